The number of halogens is 1. The molecule has 2 rings (SSSR count). The molecule has 7 heteroatoms. The van der Waals surface area contributed by atoms with Crippen LogP contribution >= 0.6 is 11.6 Å². The van der Waals surface area contributed by atoms with Crippen molar-refractivity contribution in [3.05, 3.63) is 17.0 Å². The van der Waals surface area contributed by atoms with Gasteiger partial charge >= 0.3 is 0 Å². The van der Waals surface area contributed by atoms with E-state index in [1.165, 1.54) is 6.33 Å². The molecular weight excluding hydrogens is 242 g/mol. The SMILES string of the molecule is COCC(C)Nc1c(C)c(Cl)nc2ncnn12. The fourth-order valence-electron chi connectivity index (χ4n) is 1.59. The van der Waals surface area contributed by atoms with Crippen LogP contribution in [0.15, 0.2) is 6.33 Å². The van der Waals surface area contributed by atoms with Gasteiger partial charge in [-0.1, -0.05) is 11.6 Å². The van der Waals surface area contributed by atoms with Gasteiger partial charge in [0.05, 0.1) is 6.61 Å². The Balaban J connectivity index is 2.43. The van der Waals surface area contributed by atoms with Gasteiger partial charge in [-0.05, 0) is 13.8 Å². The van der Waals surface area contributed by atoms with Gasteiger partial charge in [0.15, 0.2) is 0 Å². The average Bonchev–Trinajstić information content (AvgIpc) is 2.72. The fraction of sp³-hybridized carbons (Fsp3) is 0.500. The third-order valence-corrected chi connectivity index (χ3v) is 2.77. The summed E-state index contributed by atoms with van der Waals surface area (Å²) < 4.78 is 6.72. The summed E-state index contributed by atoms with van der Waals surface area (Å²) >= 11 is 6.05. The lowest BCUT2D eigenvalue weighted by atomic mass is 10.3. The van der Waals surface area contributed by atoms with E-state index in [9.17, 15) is 0 Å². The van der Waals surface area contributed by atoms with Crippen LogP contribution < -0.4 is 5.32 Å². The Morgan fingerprint density at radius 1 is 1.59 bits per heavy atom. The summed E-state index contributed by atoms with van der Waals surface area (Å²) in [6.07, 6.45) is 1.45. The highest BCUT2D eigenvalue weighted by Crippen LogP contribution is 2.22. The van der Waals surface area contributed by atoms with Gasteiger partial charge in [0, 0.05) is 18.7 Å². The molecule has 2 heterocycles. The Morgan fingerprint density at radius 3 is 3.06 bits per heavy atom. The molecule has 0 saturated carbocycles. The number of aromatic nitrogens is 4. The van der Waals surface area contributed by atoms with Crippen LogP contribution in [0, 0.1) is 6.92 Å². The molecule has 1 N–H and O–H groups in total. The normalized spacial score (nSPS) is 12.9. The van der Waals surface area contributed by atoms with Crippen molar-refractivity contribution in [2.45, 2.75) is 19.9 Å². The summed E-state index contributed by atoms with van der Waals surface area (Å²) in [6.45, 7) is 4.49. The van der Waals surface area contributed by atoms with Gasteiger partial charge in [-0.3, -0.25) is 0 Å². The minimum atomic E-state index is 0.143. The molecule has 2 aromatic rings. The molecule has 0 saturated heterocycles. The number of hydrogen-bond acceptors (Lipinski definition) is 5. The number of nitrogens with one attached hydrogen (secondary N) is 1. The lowest BCUT2D eigenvalue weighted by Crippen LogP contribution is -2.23. The number of nitrogens with zero attached hydrogens (tertiary/aromatic N) is 4. The smallest absolute Gasteiger partial charge is 0.255 e. The zero-order valence-electron chi connectivity index (χ0n) is 9.94. The molecule has 0 aliphatic carbocycles. The predicted octanol–water partition coefficient (Wildman–Crippen LogP) is 1.53. The first kappa shape index (κ1) is 12.1. The third-order valence-electron chi connectivity index (χ3n) is 2.40. The lowest BCUT2D eigenvalue weighted by molar-refractivity contribution is 0.190. The molecule has 0 spiro atoms. The fourth-order valence-corrected chi connectivity index (χ4v) is 1.76. The Hall–Kier alpha value is -1.40. The van der Waals surface area contributed by atoms with E-state index in [-0.39, 0.29) is 6.04 Å². The number of methoxy groups -OCH3 is 1. The van der Waals surface area contributed by atoms with Crippen LogP contribution in [0.5, 0.6) is 0 Å². The maximum Gasteiger partial charge on any atom is 0.255 e. The molecular formula is C10H14ClN5O. The Morgan fingerprint density at radius 2 is 2.35 bits per heavy atom. The van der Waals surface area contributed by atoms with E-state index in [2.05, 4.69) is 20.4 Å². The summed E-state index contributed by atoms with van der Waals surface area (Å²) in [6, 6.07) is 0.143. The van der Waals surface area contributed by atoms with Gasteiger partial charge in [-0.2, -0.15) is 19.6 Å². The van der Waals surface area contributed by atoms with Gasteiger partial charge in [0.25, 0.3) is 5.78 Å². The molecule has 0 bridgehead atoms. The second kappa shape index (κ2) is 4.85. The Labute approximate surface area is 104 Å². The number of rotatable bonds is 4. The number of hydrogen-bond donors (Lipinski definition) is 1. The van der Waals surface area contributed by atoms with Gasteiger partial charge in [-0.15, -0.1) is 0 Å². The first-order valence-corrected chi connectivity index (χ1v) is 5.62. The van der Waals surface area contributed by atoms with Crippen molar-refractivity contribution in [3.63, 3.8) is 0 Å². The molecule has 0 aliphatic heterocycles. The van der Waals surface area contributed by atoms with Crippen molar-refractivity contribution in [2.75, 3.05) is 19.0 Å². The van der Waals surface area contributed by atoms with E-state index in [1.807, 2.05) is 13.8 Å². The molecule has 0 aromatic carbocycles. The Kier molecular flexibility index (Phi) is 3.44. The van der Waals surface area contributed by atoms with Crippen molar-refractivity contribution in [3.8, 4) is 0 Å². The summed E-state index contributed by atoms with van der Waals surface area (Å²) in [5.41, 5.74) is 0.840. The number of ether oxygens (including phenoxy) is 1. The summed E-state index contributed by atoms with van der Waals surface area (Å²) in [7, 11) is 1.66. The van der Waals surface area contributed by atoms with Crippen molar-refractivity contribution in [1.82, 2.24) is 19.6 Å². The second-order valence-corrected chi connectivity index (χ2v) is 4.21. The van der Waals surface area contributed by atoms with Gasteiger partial charge < -0.3 is 10.1 Å². The first-order valence-electron chi connectivity index (χ1n) is 5.24. The minimum absolute atomic E-state index is 0.143. The second-order valence-electron chi connectivity index (χ2n) is 3.85. The topological polar surface area (TPSA) is 64.3 Å². The molecule has 0 aliphatic rings. The average molecular weight is 256 g/mol. The van der Waals surface area contributed by atoms with Crippen molar-refractivity contribution in [1.29, 1.82) is 0 Å². The molecule has 6 nitrogen and oxygen atoms in total. The highest BCUT2D eigenvalue weighted by atomic mass is 35.5. The first-order chi connectivity index (χ1) is 8.13. The highest BCUT2D eigenvalue weighted by molar-refractivity contribution is 6.30. The molecule has 1 atom stereocenters. The molecule has 17 heavy (non-hydrogen) atoms. The summed E-state index contributed by atoms with van der Waals surface area (Å²) in [4.78, 5) is 8.15. The van der Waals surface area contributed by atoms with Gasteiger partial charge in [0.1, 0.15) is 17.3 Å². The van der Waals surface area contributed by atoms with Crippen molar-refractivity contribution < 1.29 is 4.74 Å². The molecule has 2 aromatic heterocycles. The van der Waals surface area contributed by atoms with Crippen LogP contribution in [0.2, 0.25) is 5.15 Å². The summed E-state index contributed by atoms with van der Waals surface area (Å²) in [5, 5.41) is 7.84. The van der Waals surface area contributed by atoms with E-state index < -0.39 is 0 Å². The predicted molar refractivity (Wildman–Crippen MR) is 65.5 cm³/mol. The minimum Gasteiger partial charge on any atom is -0.383 e. The molecule has 0 amide bonds. The highest BCUT2D eigenvalue weighted by Gasteiger charge is 2.13. The van der Waals surface area contributed by atoms with Crippen LogP contribution in [0.1, 0.15) is 12.5 Å². The van der Waals surface area contributed by atoms with E-state index in [1.54, 1.807) is 11.6 Å². The van der Waals surface area contributed by atoms with Crippen LogP contribution in [0.25, 0.3) is 5.78 Å². The zero-order valence-corrected chi connectivity index (χ0v) is 10.7. The third kappa shape index (κ3) is 2.32. The van der Waals surface area contributed by atoms with E-state index in [4.69, 9.17) is 16.3 Å². The largest absolute Gasteiger partial charge is 0.383 e. The maximum absolute atomic E-state index is 6.05. The van der Waals surface area contributed by atoms with Crippen molar-refractivity contribution in [2.24, 2.45) is 0 Å². The quantitative estimate of drug-likeness (QED) is 0.840. The zero-order chi connectivity index (χ0) is 12.4. The molecule has 0 fully saturated rings. The van der Waals surface area contributed by atoms with Crippen LogP contribution in [-0.2, 0) is 4.74 Å². The lowest BCUT2D eigenvalue weighted by Gasteiger charge is -2.17. The number of anilines is 1. The van der Waals surface area contributed by atoms with Crippen LogP contribution in [0.3, 0.4) is 0 Å². The standard InChI is InChI=1S/C10H14ClN5O/c1-6(4-17-3)14-9-7(2)8(11)15-10-12-5-13-16(9)10/h5-6,14H,4H2,1-3H3. The van der Waals surface area contributed by atoms with Crippen LogP contribution in [0.4, 0.5) is 5.82 Å². The van der Waals surface area contributed by atoms with E-state index in [0.29, 0.717) is 17.5 Å². The monoisotopic (exact) mass is 255 g/mol. The molecule has 92 valence electrons. The van der Waals surface area contributed by atoms with Crippen LogP contribution in [-0.4, -0.2) is 39.3 Å². The summed E-state index contributed by atoms with van der Waals surface area (Å²) in [5.74, 6) is 1.27. The van der Waals surface area contributed by atoms with E-state index in [0.717, 1.165) is 11.4 Å². The molecule has 1 unspecified atom stereocenters. The molecule has 0 radical (unpaired) electrons. The van der Waals surface area contributed by atoms with E-state index >= 15 is 0 Å². The van der Waals surface area contributed by atoms with Gasteiger partial charge in [-0.25, -0.2) is 0 Å². The van der Waals surface area contributed by atoms with Gasteiger partial charge in [0.2, 0.25) is 0 Å². The maximum atomic E-state index is 6.05. The number of fused-ring (bicyclic) bond motifs is 1. The Bertz CT molecular complexity index is 527. The van der Waals surface area contributed by atoms with Crippen molar-refractivity contribution >= 4 is 23.2 Å².